The Balaban J connectivity index is 1.53. The number of aromatic nitrogens is 4. The monoisotopic (exact) mass is 464 g/mol. The van der Waals surface area contributed by atoms with Gasteiger partial charge >= 0.3 is 0 Å². The highest BCUT2D eigenvalue weighted by molar-refractivity contribution is 5.82. The van der Waals surface area contributed by atoms with Gasteiger partial charge < -0.3 is 20.1 Å². The molecule has 182 valence electrons. The molecule has 1 aliphatic heterocycles. The number of aliphatic hydroxyl groups excluding tert-OH is 1. The van der Waals surface area contributed by atoms with Crippen LogP contribution in [0, 0.1) is 5.41 Å². The largest absolute Gasteiger partial charge is 0.393 e. The number of pyridine rings is 1. The van der Waals surface area contributed by atoms with Crippen LogP contribution >= 0.6 is 0 Å². The second-order valence-corrected chi connectivity index (χ2v) is 10.8. The molecule has 8 heteroatoms. The van der Waals surface area contributed by atoms with Gasteiger partial charge in [0.25, 0.3) is 0 Å². The van der Waals surface area contributed by atoms with E-state index in [1.807, 2.05) is 12.4 Å². The van der Waals surface area contributed by atoms with Crippen LogP contribution in [0.1, 0.15) is 58.1 Å². The molecule has 0 bridgehead atoms. The minimum atomic E-state index is -0.188. The molecule has 0 radical (unpaired) electrons. The van der Waals surface area contributed by atoms with E-state index in [0.717, 1.165) is 61.2 Å². The molecule has 1 saturated heterocycles. The molecule has 0 aromatic carbocycles. The van der Waals surface area contributed by atoms with Crippen molar-refractivity contribution in [2.24, 2.45) is 5.41 Å². The van der Waals surface area contributed by atoms with Crippen molar-refractivity contribution in [3.05, 3.63) is 36.3 Å². The molecule has 4 heterocycles. The Bertz CT molecular complexity index is 1140. The van der Waals surface area contributed by atoms with Crippen LogP contribution in [0.3, 0.4) is 0 Å². The Hall–Kier alpha value is -2.71. The number of anilines is 2. The van der Waals surface area contributed by atoms with Gasteiger partial charge in [0.2, 0.25) is 5.95 Å². The molecule has 3 aromatic rings. The van der Waals surface area contributed by atoms with Crippen LogP contribution in [0.25, 0.3) is 16.6 Å². The molecule has 0 spiro atoms. The molecule has 5 rings (SSSR count). The maximum atomic E-state index is 10.0. The summed E-state index contributed by atoms with van der Waals surface area (Å²) < 4.78 is 7.31. The minimum Gasteiger partial charge on any atom is -0.393 e. The smallest absolute Gasteiger partial charge is 0.241 e. The van der Waals surface area contributed by atoms with Crippen molar-refractivity contribution in [3.8, 4) is 11.1 Å². The molecule has 1 aliphatic carbocycles. The van der Waals surface area contributed by atoms with E-state index in [1.54, 1.807) is 7.11 Å². The summed E-state index contributed by atoms with van der Waals surface area (Å²) in [5, 5.41) is 18.3. The average molecular weight is 465 g/mol. The molecule has 8 nitrogen and oxygen atoms in total. The zero-order chi connectivity index (χ0) is 23.9. The third-order valence-electron chi connectivity index (χ3n) is 7.07. The predicted molar refractivity (Wildman–Crippen MR) is 134 cm³/mol. The molecule has 2 aliphatic rings. The van der Waals surface area contributed by atoms with Gasteiger partial charge in [-0.3, -0.25) is 0 Å². The van der Waals surface area contributed by atoms with E-state index >= 15 is 0 Å². The van der Waals surface area contributed by atoms with Gasteiger partial charge in [-0.05, 0) is 61.8 Å². The van der Waals surface area contributed by atoms with Gasteiger partial charge in [-0.15, -0.1) is 5.10 Å². The normalized spacial score (nSPS) is 23.0. The number of fused-ring (bicyclic) bond motifs is 1. The lowest BCUT2D eigenvalue weighted by Gasteiger charge is -2.46. The highest BCUT2D eigenvalue weighted by Crippen LogP contribution is 2.39. The maximum absolute atomic E-state index is 10.0. The SMILES string of the molecule is COC[C@H](C)Nc1ncc2c(-c3ccnc(N4CC(C)(C)C4)c3)cc(C3CCC(O)CC3)n2n1. The van der Waals surface area contributed by atoms with Gasteiger partial charge in [0, 0.05) is 49.6 Å². The Morgan fingerprint density at radius 2 is 1.94 bits per heavy atom. The molecule has 3 aromatic heterocycles. The van der Waals surface area contributed by atoms with Crippen molar-refractivity contribution in [1.29, 1.82) is 0 Å². The summed E-state index contributed by atoms with van der Waals surface area (Å²) in [6.07, 6.45) is 7.22. The van der Waals surface area contributed by atoms with Crippen molar-refractivity contribution >= 4 is 17.3 Å². The van der Waals surface area contributed by atoms with Crippen LogP contribution in [0.15, 0.2) is 30.6 Å². The first kappa shape index (κ1) is 23.1. The number of aliphatic hydroxyl groups is 1. The van der Waals surface area contributed by atoms with E-state index in [9.17, 15) is 5.11 Å². The van der Waals surface area contributed by atoms with E-state index < -0.39 is 0 Å². The average Bonchev–Trinajstić information content (AvgIpc) is 3.17. The topological polar surface area (TPSA) is 87.8 Å². The van der Waals surface area contributed by atoms with Crippen LogP contribution < -0.4 is 10.2 Å². The van der Waals surface area contributed by atoms with Crippen molar-refractivity contribution < 1.29 is 9.84 Å². The van der Waals surface area contributed by atoms with Gasteiger partial charge in [0.1, 0.15) is 5.82 Å². The second-order valence-electron chi connectivity index (χ2n) is 10.8. The predicted octanol–water partition coefficient (Wildman–Crippen LogP) is 4.10. The Kier molecular flexibility index (Phi) is 6.20. The lowest BCUT2D eigenvalue weighted by atomic mass is 9.84. The van der Waals surface area contributed by atoms with Crippen molar-refractivity contribution in [2.45, 2.75) is 64.5 Å². The highest BCUT2D eigenvalue weighted by Gasteiger charge is 2.35. The van der Waals surface area contributed by atoms with Crippen molar-refractivity contribution in [1.82, 2.24) is 19.6 Å². The second kappa shape index (κ2) is 9.15. The molecule has 2 N–H and O–H groups in total. The quantitative estimate of drug-likeness (QED) is 0.544. The Morgan fingerprint density at radius 1 is 1.18 bits per heavy atom. The third kappa shape index (κ3) is 4.61. The summed E-state index contributed by atoms with van der Waals surface area (Å²) in [7, 11) is 1.69. The van der Waals surface area contributed by atoms with Crippen LogP contribution in [0.5, 0.6) is 0 Å². The van der Waals surface area contributed by atoms with Gasteiger partial charge in [-0.1, -0.05) is 13.8 Å². The summed E-state index contributed by atoms with van der Waals surface area (Å²) in [4.78, 5) is 11.6. The molecule has 0 amide bonds. The summed E-state index contributed by atoms with van der Waals surface area (Å²) in [6.45, 7) is 9.26. The minimum absolute atomic E-state index is 0.106. The van der Waals surface area contributed by atoms with Crippen LogP contribution in [0.2, 0.25) is 0 Å². The summed E-state index contributed by atoms with van der Waals surface area (Å²) in [6, 6.07) is 6.64. The zero-order valence-electron chi connectivity index (χ0n) is 20.7. The lowest BCUT2D eigenvalue weighted by molar-refractivity contribution is 0.121. The fourth-order valence-corrected chi connectivity index (χ4v) is 5.39. The number of hydrogen-bond acceptors (Lipinski definition) is 7. The van der Waals surface area contributed by atoms with Gasteiger partial charge in [0.05, 0.1) is 24.4 Å². The van der Waals surface area contributed by atoms with E-state index in [-0.39, 0.29) is 12.1 Å². The van der Waals surface area contributed by atoms with Gasteiger partial charge in [0.15, 0.2) is 0 Å². The number of nitrogens with zero attached hydrogens (tertiary/aromatic N) is 5. The number of rotatable bonds is 7. The standard InChI is InChI=1S/C26H36N6O2/c1-17(14-34-4)29-25-28-13-23-21(12-22(32(23)30-25)18-5-7-20(33)8-6-18)19-9-10-27-24(11-19)31-15-26(2,3)16-31/h9-13,17-18,20,33H,5-8,14-16H2,1-4H3,(H,29,30)/t17-,18?,20?/m0/s1. The fourth-order valence-electron chi connectivity index (χ4n) is 5.39. The molecular weight excluding hydrogens is 428 g/mol. The summed E-state index contributed by atoms with van der Waals surface area (Å²) in [5.41, 5.74) is 4.78. The van der Waals surface area contributed by atoms with Gasteiger partial charge in [-0.25, -0.2) is 14.5 Å². The van der Waals surface area contributed by atoms with E-state index in [0.29, 0.717) is 23.9 Å². The lowest BCUT2D eigenvalue weighted by Crippen LogP contribution is -2.53. The van der Waals surface area contributed by atoms with Gasteiger partial charge in [-0.2, -0.15) is 0 Å². The van der Waals surface area contributed by atoms with Crippen LogP contribution in [-0.4, -0.2) is 63.6 Å². The molecule has 1 atom stereocenters. The van der Waals surface area contributed by atoms with Crippen molar-refractivity contribution in [2.75, 3.05) is 37.0 Å². The van der Waals surface area contributed by atoms with E-state index in [4.69, 9.17) is 9.84 Å². The number of ether oxygens (including phenoxy) is 1. The first-order valence-corrected chi connectivity index (χ1v) is 12.4. The molecule has 0 unspecified atom stereocenters. The summed E-state index contributed by atoms with van der Waals surface area (Å²) >= 11 is 0. The van der Waals surface area contributed by atoms with Crippen LogP contribution in [0.4, 0.5) is 11.8 Å². The summed E-state index contributed by atoms with van der Waals surface area (Å²) in [5.74, 6) is 1.97. The fraction of sp³-hybridized carbons (Fsp3) is 0.577. The third-order valence-corrected chi connectivity index (χ3v) is 7.07. The Morgan fingerprint density at radius 3 is 2.65 bits per heavy atom. The number of nitrogens with one attached hydrogen (secondary N) is 1. The number of methoxy groups -OCH3 is 1. The number of hydrogen-bond donors (Lipinski definition) is 2. The molecule has 34 heavy (non-hydrogen) atoms. The Labute approximate surface area is 201 Å². The first-order chi connectivity index (χ1) is 16.3. The van der Waals surface area contributed by atoms with E-state index in [1.165, 1.54) is 5.69 Å². The molecular formula is C26H36N6O2. The highest BCUT2D eigenvalue weighted by atomic mass is 16.5. The first-order valence-electron chi connectivity index (χ1n) is 12.4. The maximum Gasteiger partial charge on any atom is 0.241 e. The zero-order valence-corrected chi connectivity index (χ0v) is 20.7. The molecule has 1 saturated carbocycles. The van der Waals surface area contributed by atoms with E-state index in [2.05, 4.69) is 63.7 Å². The van der Waals surface area contributed by atoms with Crippen molar-refractivity contribution in [3.63, 3.8) is 0 Å². The van der Waals surface area contributed by atoms with Crippen LogP contribution in [-0.2, 0) is 4.74 Å². The molecule has 2 fully saturated rings.